The van der Waals surface area contributed by atoms with E-state index in [1.807, 2.05) is 0 Å². The van der Waals surface area contributed by atoms with Gasteiger partial charge in [0.2, 0.25) is 6.79 Å². The first-order valence-electron chi connectivity index (χ1n) is 9.87. The molecule has 172 valence electrons. The van der Waals surface area contributed by atoms with E-state index >= 15 is 0 Å². The van der Waals surface area contributed by atoms with Crippen LogP contribution in [-0.2, 0) is 4.79 Å². The van der Waals surface area contributed by atoms with Crippen LogP contribution in [0, 0.1) is 0 Å². The standard InChI is InChI=1S/C22H21ClFN5O4/c1-29(2)7-6-14(24)22(30)27-16-8-12-15(9-18(16)31-3)25-10-26-21(12)28-19-13(23)4-5-17-20(19)33-11-32-17/h4-6,8-10H,7,11H2,1-3H3,(H,27,30)(H,25,26,28)/b14-6-. The van der Waals surface area contributed by atoms with E-state index < -0.39 is 11.7 Å². The number of aromatic nitrogens is 2. The molecule has 1 aliphatic rings. The molecule has 2 heterocycles. The predicted octanol–water partition coefficient (Wildman–Crippen LogP) is 4.12. The zero-order valence-electron chi connectivity index (χ0n) is 18.1. The molecule has 4 rings (SSSR count). The van der Waals surface area contributed by atoms with Crippen LogP contribution in [0.25, 0.3) is 10.9 Å². The number of hydrogen-bond acceptors (Lipinski definition) is 8. The van der Waals surface area contributed by atoms with Gasteiger partial charge in [-0.1, -0.05) is 11.6 Å². The number of benzene rings is 2. The minimum absolute atomic E-state index is 0.0785. The summed E-state index contributed by atoms with van der Waals surface area (Å²) in [6, 6.07) is 6.61. The highest BCUT2D eigenvalue weighted by molar-refractivity contribution is 6.34. The van der Waals surface area contributed by atoms with E-state index in [9.17, 15) is 9.18 Å². The van der Waals surface area contributed by atoms with Crippen molar-refractivity contribution in [2.45, 2.75) is 0 Å². The quantitative estimate of drug-likeness (QED) is 0.495. The van der Waals surface area contributed by atoms with Crippen molar-refractivity contribution in [1.82, 2.24) is 14.9 Å². The van der Waals surface area contributed by atoms with Crippen molar-refractivity contribution >= 4 is 45.6 Å². The summed E-state index contributed by atoms with van der Waals surface area (Å²) in [5.41, 5.74) is 1.27. The smallest absolute Gasteiger partial charge is 0.284 e. The van der Waals surface area contributed by atoms with E-state index in [1.54, 1.807) is 43.3 Å². The van der Waals surface area contributed by atoms with Gasteiger partial charge in [-0.25, -0.2) is 14.4 Å². The molecule has 0 saturated heterocycles. The molecule has 0 aliphatic carbocycles. The zero-order valence-corrected chi connectivity index (χ0v) is 18.9. The number of carbonyl (C=O) groups is 1. The number of nitrogens with zero attached hydrogens (tertiary/aromatic N) is 3. The van der Waals surface area contributed by atoms with Crippen LogP contribution < -0.4 is 24.8 Å². The number of halogens is 2. The van der Waals surface area contributed by atoms with Crippen molar-refractivity contribution in [3.8, 4) is 17.2 Å². The maximum absolute atomic E-state index is 14.2. The van der Waals surface area contributed by atoms with Gasteiger partial charge >= 0.3 is 0 Å². The second-order valence-electron chi connectivity index (χ2n) is 7.34. The van der Waals surface area contributed by atoms with Gasteiger partial charge in [0, 0.05) is 18.0 Å². The molecule has 1 amide bonds. The molecule has 3 aromatic rings. The molecule has 2 aromatic carbocycles. The fraction of sp³-hybridized carbons (Fsp3) is 0.227. The summed E-state index contributed by atoms with van der Waals surface area (Å²) >= 11 is 6.37. The Morgan fingerprint density at radius 1 is 1.30 bits per heavy atom. The Morgan fingerprint density at radius 3 is 2.88 bits per heavy atom. The van der Waals surface area contributed by atoms with Crippen molar-refractivity contribution in [2.24, 2.45) is 0 Å². The number of nitrogens with one attached hydrogen (secondary N) is 2. The van der Waals surface area contributed by atoms with Crippen LogP contribution in [-0.4, -0.2) is 55.3 Å². The average molecular weight is 474 g/mol. The Labute approximate surface area is 194 Å². The summed E-state index contributed by atoms with van der Waals surface area (Å²) in [6.45, 7) is 0.360. The highest BCUT2D eigenvalue weighted by atomic mass is 35.5. The molecule has 0 fully saturated rings. The number of fused-ring (bicyclic) bond motifs is 2. The fourth-order valence-electron chi connectivity index (χ4n) is 3.17. The lowest BCUT2D eigenvalue weighted by molar-refractivity contribution is -0.114. The Morgan fingerprint density at radius 2 is 2.12 bits per heavy atom. The number of likely N-dealkylation sites (N-methyl/N-ethyl adjacent to an activating group) is 1. The SMILES string of the molecule is COc1cc2ncnc(Nc3c(Cl)ccc4c3OCO4)c2cc1NC(=O)/C(F)=C/CN(C)C. The van der Waals surface area contributed by atoms with Crippen LogP contribution in [0.5, 0.6) is 17.2 Å². The first kappa shape index (κ1) is 22.6. The van der Waals surface area contributed by atoms with Crippen LogP contribution in [0.1, 0.15) is 0 Å². The first-order chi connectivity index (χ1) is 15.9. The lowest BCUT2D eigenvalue weighted by atomic mass is 10.1. The molecule has 11 heteroatoms. The summed E-state index contributed by atoms with van der Waals surface area (Å²) in [6.07, 6.45) is 2.57. The van der Waals surface area contributed by atoms with Crippen LogP contribution in [0.3, 0.4) is 0 Å². The highest BCUT2D eigenvalue weighted by Crippen LogP contribution is 2.45. The number of amides is 1. The van der Waals surface area contributed by atoms with E-state index in [-0.39, 0.29) is 19.0 Å². The molecule has 0 saturated carbocycles. The Kier molecular flexibility index (Phi) is 6.47. The number of ether oxygens (including phenoxy) is 3. The number of methoxy groups -OCH3 is 1. The summed E-state index contributed by atoms with van der Waals surface area (Å²) in [7, 11) is 4.99. The largest absolute Gasteiger partial charge is 0.494 e. The summed E-state index contributed by atoms with van der Waals surface area (Å²) in [4.78, 5) is 22.7. The minimum atomic E-state index is -0.905. The number of anilines is 3. The van der Waals surface area contributed by atoms with Crippen LogP contribution >= 0.6 is 11.6 Å². The Hall–Kier alpha value is -3.63. The van der Waals surface area contributed by atoms with Crippen molar-refractivity contribution in [3.63, 3.8) is 0 Å². The van der Waals surface area contributed by atoms with Gasteiger partial charge in [0.25, 0.3) is 5.91 Å². The van der Waals surface area contributed by atoms with Crippen molar-refractivity contribution in [3.05, 3.63) is 47.5 Å². The van der Waals surface area contributed by atoms with Crippen LogP contribution in [0.2, 0.25) is 5.02 Å². The maximum Gasteiger partial charge on any atom is 0.284 e. The third-order valence-electron chi connectivity index (χ3n) is 4.79. The minimum Gasteiger partial charge on any atom is -0.494 e. The third-order valence-corrected chi connectivity index (χ3v) is 5.10. The molecule has 0 unspecified atom stereocenters. The van der Waals surface area contributed by atoms with Gasteiger partial charge in [0.1, 0.15) is 23.6 Å². The first-order valence-corrected chi connectivity index (χ1v) is 10.2. The van der Waals surface area contributed by atoms with Gasteiger partial charge in [-0.3, -0.25) is 4.79 Å². The van der Waals surface area contributed by atoms with E-state index in [1.165, 1.54) is 19.5 Å². The molecule has 2 N–H and O–H groups in total. The van der Waals surface area contributed by atoms with E-state index in [4.69, 9.17) is 25.8 Å². The second kappa shape index (κ2) is 9.47. The van der Waals surface area contributed by atoms with Gasteiger partial charge in [0.05, 0.1) is 23.3 Å². The van der Waals surface area contributed by atoms with Gasteiger partial charge in [-0.15, -0.1) is 0 Å². The fourth-order valence-corrected chi connectivity index (χ4v) is 3.37. The molecule has 0 atom stereocenters. The van der Waals surface area contributed by atoms with Gasteiger partial charge in [0.15, 0.2) is 17.3 Å². The molecule has 0 radical (unpaired) electrons. The zero-order chi connectivity index (χ0) is 23.5. The average Bonchev–Trinajstić information content (AvgIpc) is 3.28. The topological polar surface area (TPSA) is 97.8 Å². The molecule has 9 nitrogen and oxygen atoms in total. The summed E-state index contributed by atoms with van der Waals surface area (Å²) in [5, 5.41) is 6.64. The summed E-state index contributed by atoms with van der Waals surface area (Å²) < 4.78 is 30.5. The normalized spacial score (nSPS) is 12.8. The highest BCUT2D eigenvalue weighted by Gasteiger charge is 2.22. The van der Waals surface area contributed by atoms with E-state index in [2.05, 4.69) is 20.6 Å². The monoisotopic (exact) mass is 473 g/mol. The van der Waals surface area contributed by atoms with Gasteiger partial charge in [-0.05, 0) is 38.4 Å². The van der Waals surface area contributed by atoms with E-state index in [0.29, 0.717) is 44.7 Å². The lowest BCUT2D eigenvalue weighted by Gasteiger charge is -2.15. The van der Waals surface area contributed by atoms with Crippen molar-refractivity contribution in [1.29, 1.82) is 0 Å². The van der Waals surface area contributed by atoms with Crippen LogP contribution in [0.15, 0.2) is 42.5 Å². The molecular weight excluding hydrogens is 453 g/mol. The van der Waals surface area contributed by atoms with E-state index in [0.717, 1.165) is 0 Å². The second-order valence-corrected chi connectivity index (χ2v) is 7.75. The Bertz CT molecular complexity index is 1250. The molecule has 1 aromatic heterocycles. The van der Waals surface area contributed by atoms with Crippen molar-refractivity contribution in [2.75, 3.05) is 45.2 Å². The maximum atomic E-state index is 14.2. The molecule has 33 heavy (non-hydrogen) atoms. The van der Waals surface area contributed by atoms with Gasteiger partial charge < -0.3 is 29.7 Å². The number of carbonyl (C=O) groups excluding carboxylic acids is 1. The van der Waals surface area contributed by atoms with Gasteiger partial charge in [-0.2, -0.15) is 0 Å². The van der Waals surface area contributed by atoms with Crippen molar-refractivity contribution < 1.29 is 23.4 Å². The Balaban J connectivity index is 1.71. The molecular formula is C22H21ClFN5O4. The molecule has 0 spiro atoms. The number of rotatable bonds is 7. The number of hydrogen-bond donors (Lipinski definition) is 2. The molecule has 1 aliphatic heterocycles. The summed E-state index contributed by atoms with van der Waals surface area (Å²) in [5.74, 6) is -0.0734. The predicted molar refractivity (Wildman–Crippen MR) is 123 cm³/mol. The van der Waals surface area contributed by atoms with Crippen LogP contribution in [0.4, 0.5) is 21.6 Å². The lowest BCUT2D eigenvalue weighted by Crippen LogP contribution is -2.16. The molecule has 0 bridgehead atoms. The third kappa shape index (κ3) is 4.76.